The Labute approximate surface area is 289 Å². The van der Waals surface area contributed by atoms with Crippen molar-refractivity contribution < 1.29 is 18.8 Å². The van der Waals surface area contributed by atoms with Crippen molar-refractivity contribution in [3.05, 3.63) is 86.5 Å². The number of benzene rings is 2. The summed E-state index contributed by atoms with van der Waals surface area (Å²) in [6, 6.07) is 13.1. The van der Waals surface area contributed by atoms with E-state index in [-0.39, 0.29) is 46.2 Å². The summed E-state index contributed by atoms with van der Waals surface area (Å²) in [7, 11) is 3.65. The van der Waals surface area contributed by atoms with Gasteiger partial charge >= 0.3 is 0 Å². The molecule has 11 nitrogen and oxygen atoms in total. The standard InChI is InChI=1S/C36H41ClFN7O4/c1-42-18-24(15-25(19-42)40-30-17-39-43(2)35(49)32(30)37)22-3-5-23(6-4-22)34(48)44-13-11-36(12-14-44)20-45(21-36)26-7-8-27(29(38)16-26)28-9-10-31(46)41-33(28)47/h3-8,16-17,24-25,28,40H,9-15,18-21H2,1-2H3,(H,41,46,47)/t24-,25+,28?/m1/s1. The van der Waals surface area contributed by atoms with E-state index < -0.39 is 17.6 Å². The molecule has 1 spiro atoms. The number of anilines is 2. The average molecular weight is 690 g/mol. The van der Waals surface area contributed by atoms with Crippen molar-refractivity contribution in [3.63, 3.8) is 0 Å². The Morgan fingerprint density at radius 2 is 1.78 bits per heavy atom. The lowest BCUT2D eigenvalue weighted by molar-refractivity contribution is -0.134. The third-order valence-corrected chi connectivity index (χ3v) is 11.2. The Balaban J connectivity index is 0.917. The maximum absolute atomic E-state index is 15.1. The Bertz CT molecular complexity index is 1830. The van der Waals surface area contributed by atoms with Crippen LogP contribution in [0.2, 0.25) is 5.02 Å². The normalized spacial score (nSPS) is 24.0. The van der Waals surface area contributed by atoms with Gasteiger partial charge in [-0.1, -0.05) is 29.8 Å². The molecule has 258 valence electrons. The van der Waals surface area contributed by atoms with E-state index >= 15 is 4.39 Å². The molecule has 1 unspecified atom stereocenters. The minimum atomic E-state index is -0.645. The number of nitrogens with zero attached hydrogens (tertiary/aromatic N) is 5. The lowest BCUT2D eigenvalue weighted by Crippen LogP contribution is -2.61. The van der Waals surface area contributed by atoms with Crippen molar-refractivity contribution in [2.75, 3.05) is 56.5 Å². The second-order valence-corrected chi connectivity index (χ2v) is 14.7. The number of aromatic nitrogens is 2. The highest BCUT2D eigenvalue weighted by Crippen LogP contribution is 2.43. The summed E-state index contributed by atoms with van der Waals surface area (Å²) in [6.07, 6.45) is 4.75. The topological polar surface area (TPSA) is 120 Å². The number of rotatable bonds is 6. The minimum Gasteiger partial charge on any atom is -0.378 e. The summed E-state index contributed by atoms with van der Waals surface area (Å²) >= 11 is 6.30. The number of hydrogen-bond donors (Lipinski definition) is 2. The van der Waals surface area contributed by atoms with Crippen LogP contribution in [0.3, 0.4) is 0 Å². The molecule has 3 amide bonds. The molecule has 7 rings (SSSR count). The molecule has 13 heteroatoms. The van der Waals surface area contributed by atoms with Gasteiger partial charge in [0.15, 0.2) is 0 Å². The monoisotopic (exact) mass is 689 g/mol. The number of carbonyl (C=O) groups excluding carboxylic acids is 3. The number of piperidine rings is 3. The lowest BCUT2D eigenvalue weighted by atomic mass is 9.71. The van der Waals surface area contributed by atoms with Gasteiger partial charge in [0.05, 0.1) is 17.8 Å². The minimum absolute atomic E-state index is 0.0387. The van der Waals surface area contributed by atoms with E-state index in [1.54, 1.807) is 19.3 Å². The molecule has 2 aromatic carbocycles. The largest absolute Gasteiger partial charge is 0.378 e. The molecule has 4 fully saturated rings. The van der Waals surface area contributed by atoms with E-state index in [1.165, 1.54) is 10.7 Å². The first-order chi connectivity index (χ1) is 23.5. The van der Waals surface area contributed by atoms with E-state index in [2.05, 4.69) is 44.7 Å². The molecule has 4 saturated heterocycles. The number of nitrogens with one attached hydrogen (secondary N) is 2. The molecule has 2 N–H and O–H groups in total. The maximum atomic E-state index is 15.1. The van der Waals surface area contributed by atoms with Crippen molar-refractivity contribution in [3.8, 4) is 0 Å². The summed E-state index contributed by atoms with van der Waals surface area (Å²) in [5.41, 5.74) is 3.27. The molecule has 4 aliphatic heterocycles. The smallest absolute Gasteiger partial charge is 0.287 e. The zero-order valence-electron chi connectivity index (χ0n) is 27.8. The molecule has 0 saturated carbocycles. The fourth-order valence-electron chi connectivity index (χ4n) is 8.01. The van der Waals surface area contributed by atoms with Crippen LogP contribution in [0.1, 0.15) is 65.4 Å². The molecule has 1 aromatic heterocycles. The predicted molar refractivity (Wildman–Crippen MR) is 185 cm³/mol. The van der Waals surface area contributed by atoms with E-state index in [0.717, 1.165) is 56.7 Å². The van der Waals surface area contributed by atoms with Crippen molar-refractivity contribution >= 4 is 40.7 Å². The van der Waals surface area contributed by atoms with Gasteiger partial charge in [0.1, 0.15) is 10.8 Å². The van der Waals surface area contributed by atoms with Crippen molar-refractivity contribution in [2.24, 2.45) is 12.5 Å². The number of likely N-dealkylation sites (tertiary alicyclic amines) is 2. The fourth-order valence-corrected chi connectivity index (χ4v) is 8.23. The summed E-state index contributed by atoms with van der Waals surface area (Å²) < 4.78 is 16.3. The van der Waals surface area contributed by atoms with Gasteiger partial charge in [-0.3, -0.25) is 24.5 Å². The Morgan fingerprint density at radius 3 is 2.47 bits per heavy atom. The second kappa shape index (κ2) is 13.2. The first kappa shape index (κ1) is 33.2. The van der Waals surface area contributed by atoms with E-state index in [1.807, 2.05) is 23.1 Å². The number of hydrogen-bond acceptors (Lipinski definition) is 8. The zero-order valence-corrected chi connectivity index (χ0v) is 28.5. The van der Waals surface area contributed by atoms with Gasteiger partial charge in [-0.25, -0.2) is 9.07 Å². The van der Waals surface area contributed by atoms with Crippen LogP contribution in [0.25, 0.3) is 0 Å². The quantitative estimate of drug-likeness (QED) is 0.376. The summed E-state index contributed by atoms with van der Waals surface area (Å²) in [5.74, 6) is -1.53. The number of halogens is 2. The molecule has 3 atom stereocenters. The zero-order chi connectivity index (χ0) is 34.4. The number of likely N-dealkylation sites (N-methyl/N-ethyl adjacent to an activating group) is 1. The molecule has 3 aromatic rings. The van der Waals surface area contributed by atoms with Gasteiger partial charge in [0, 0.05) is 81.0 Å². The Morgan fingerprint density at radius 1 is 1.04 bits per heavy atom. The average Bonchev–Trinajstić information content (AvgIpc) is 3.07. The molecule has 49 heavy (non-hydrogen) atoms. The van der Waals surface area contributed by atoms with Crippen molar-refractivity contribution in [2.45, 2.75) is 50.0 Å². The Kier molecular flexibility index (Phi) is 8.95. The van der Waals surface area contributed by atoms with Crippen molar-refractivity contribution in [1.82, 2.24) is 24.9 Å². The number of amides is 3. The van der Waals surface area contributed by atoms with Gasteiger partial charge in [-0.15, -0.1) is 0 Å². The number of carbonyl (C=O) groups is 3. The first-order valence-electron chi connectivity index (χ1n) is 16.9. The van der Waals surface area contributed by atoms with Gasteiger partial charge in [0.25, 0.3) is 11.5 Å². The van der Waals surface area contributed by atoms with Crippen LogP contribution in [-0.4, -0.2) is 89.7 Å². The highest BCUT2D eigenvalue weighted by Gasteiger charge is 2.46. The van der Waals surface area contributed by atoms with Gasteiger partial charge in [-0.05, 0) is 68.5 Å². The van der Waals surface area contributed by atoms with Crippen LogP contribution in [0.15, 0.2) is 53.5 Å². The molecule has 4 aliphatic rings. The number of imide groups is 1. The first-order valence-corrected chi connectivity index (χ1v) is 17.3. The molecule has 5 heterocycles. The van der Waals surface area contributed by atoms with Gasteiger partial charge in [0.2, 0.25) is 11.8 Å². The Hall–Kier alpha value is -4.29. The fraction of sp³-hybridized carbons (Fsp3) is 0.472. The maximum Gasteiger partial charge on any atom is 0.287 e. The van der Waals surface area contributed by atoms with Crippen LogP contribution in [0, 0.1) is 11.2 Å². The second-order valence-electron chi connectivity index (χ2n) is 14.3. The molecular formula is C36H41ClFN7O4. The van der Waals surface area contributed by atoms with E-state index in [0.29, 0.717) is 36.3 Å². The van der Waals surface area contributed by atoms with Gasteiger partial charge < -0.3 is 20.0 Å². The molecule has 0 radical (unpaired) electrons. The van der Waals surface area contributed by atoms with Crippen LogP contribution < -0.4 is 21.1 Å². The van der Waals surface area contributed by atoms with Crippen LogP contribution in [0.5, 0.6) is 0 Å². The molecular weight excluding hydrogens is 649 g/mol. The third kappa shape index (κ3) is 6.68. The lowest BCUT2D eigenvalue weighted by Gasteiger charge is -2.55. The summed E-state index contributed by atoms with van der Waals surface area (Å²) in [6.45, 7) is 4.65. The highest BCUT2D eigenvalue weighted by atomic mass is 35.5. The SMILES string of the molecule is CN1C[C@@H](Nc2cnn(C)c(=O)c2Cl)C[C@@H](c2ccc(C(=O)N3CCC4(CC3)CN(c3ccc(C5CCC(=O)NC5=O)c(F)c3)C4)cc2)C1. The third-order valence-electron chi connectivity index (χ3n) is 10.8. The predicted octanol–water partition coefficient (Wildman–Crippen LogP) is 3.74. The van der Waals surface area contributed by atoms with Gasteiger partial charge in [-0.2, -0.15) is 5.10 Å². The highest BCUT2D eigenvalue weighted by molar-refractivity contribution is 6.32. The molecule has 0 bridgehead atoms. The van der Waals surface area contributed by atoms with Crippen LogP contribution in [0.4, 0.5) is 15.8 Å². The van der Waals surface area contributed by atoms with Crippen LogP contribution in [-0.2, 0) is 16.6 Å². The van der Waals surface area contributed by atoms with Crippen molar-refractivity contribution in [1.29, 1.82) is 0 Å². The summed E-state index contributed by atoms with van der Waals surface area (Å²) in [5, 5.41) is 9.95. The number of aryl methyl sites for hydroxylation is 1. The van der Waals surface area contributed by atoms with E-state index in [4.69, 9.17) is 11.6 Å². The molecule has 0 aliphatic carbocycles. The van der Waals surface area contributed by atoms with E-state index in [9.17, 15) is 19.2 Å². The summed E-state index contributed by atoms with van der Waals surface area (Å²) in [4.78, 5) is 55.8. The van der Waals surface area contributed by atoms with Crippen LogP contribution >= 0.6 is 11.6 Å².